The van der Waals surface area contributed by atoms with Crippen molar-refractivity contribution >= 4 is 29.3 Å². The van der Waals surface area contributed by atoms with Gasteiger partial charge in [-0.15, -0.1) is 23.4 Å². The Bertz CT molecular complexity index is 249. The maximum Gasteiger partial charge on any atom is 0.235 e. The highest BCUT2D eigenvalue weighted by molar-refractivity contribution is 8.01. The van der Waals surface area contributed by atoms with Crippen LogP contribution in [0.15, 0.2) is 0 Å². The van der Waals surface area contributed by atoms with Gasteiger partial charge >= 0.3 is 0 Å². The third kappa shape index (κ3) is 2.82. The number of thioether (sulfide) groups is 1. The molecule has 2 unspecified atom stereocenters. The molecule has 2 fully saturated rings. The highest BCUT2D eigenvalue weighted by Crippen LogP contribution is 2.38. The van der Waals surface area contributed by atoms with Crippen molar-refractivity contribution in [1.82, 2.24) is 5.32 Å². The molecule has 1 heterocycles. The first kappa shape index (κ1) is 11.6. The molecular weight excluding hydrogens is 230 g/mol. The monoisotopic (exact) mass is 247 g/mol. The van der Waals surface area contributed by atoms with Crippen LogP contribution in [0.1, 0.15) is 32.6 Å². The number of rotatable bonds is 4. The second-order valence-electron chi connectivity index (χ2n) is 4.75. The van der Waals surface area contributed by atoms with Crippen LogP contribution in [0.4, 0.5) is 0 Å². The molecule has 2 rings (SSSR count). The van der Waals surface area contributed by atoms with Gasteiger partial charge in [0.25, 0.3) is 0 Å². The second-order valence-corrected chi connectivity index (χ2v) is 6.90. The van der Waals surface area contributed by atoms with Crippen molar-refractivity contribution in [2.45, 2.75) is 42.7 Å². The summed E-state index contributed by atoms with van der Waals surface area (Å²) in [5.41, 5.74) is 0. The number of nitrogens with one attached hydrogen (secondary N) is 1. The van der Waals surface area contributed by atoms with Crippen molar-refractivity contribution in [2.24, 2.45) is 5.92 Å². The third-order valence-electron chi connectivity index (χ3n) is 3.29. The van der Waals surface area contributed by atoms with Crippen molar-refractivity contribution in [2.75, 3.05) is 12.3 Å². The van der Waals surface area contributed by atoms with E-state index in [2.05, 4.69) is 5.32 Å². The normalized spacial score (nSPS) is 32.7. The molecule has 1 saturated carbocycles. The maximum atomic E-state index is 11.9. The van der Waals surface area contributed by atoms with Gasteiger partial charge in [-0.3, -0.25) is 4.79 Å². The van der Waals surface area contributed by atoms with E-state index >= 15 is 0 Å². The number of hydrogen-bond acceptors (Lipinski definition) is 2. The number of halogens is 1. The predicted octanol–water partition coefficient (Wildman–Crippen LogP) is 2.41. The van der Waals surface area contributed by atoms with E-state index in [1.165, 1.54) is 12.8 Å². The van der Waals surface area contributed by atoms with Gasteiger partial charge in [0.15, 0.2) is 0 Å². The molecule has 15 heavy (non-hydrogen) atoms. The van der Waals surface area contributed by atoms with Crippen LogP contribution in [0.25, 0.3) is 0 Å². The minimum absolute atomic E-state index is 0.143. The number of amides is 1. The summed E-state index contributed by atoms with van der Waals surface area (Å²) in [5.74, 6) is 1.93. The third-order valence-corrected chi connectivity index (χ3v) is 5.32. The van der Waals surface area contributed by atoms with Gasteiger partial charge in [-0.1, -0.05) is 0 Å². The Morgan fingerprint density at radius 2 is 2.40 bits per heavy atom. The lowest BCUT2D eigenvalue weighted by atomic mass is 10.0. The summed E-state index contributed by atoms with van der Waals surface area (Å²) in [6.07, 6.45) is 4.62. The topological polar surface area (TPSA) is 29.1 Å². The van der Waals surface area contributed by atoms with Crippen LogP contribution in [0.3, 0.4) is 0 Å². The van der Waals surface area contributed by atoms with E-state index in [4.69, 9.17) is 11.6 Å². The van der Waals surface area contributed by atoms with E-state index in [1.54, 1.807) is 11.8 Å². The molecule has 2 atom stereocenters. The Kier molecular flexibility index (Phi) is 3.51. The number of hydrogen-bond donors (Lipinski definition) is 1. The van der Waals surface area contributed by atoms with Crippen LogP contribution < -0.4 is 5.32 Å². The standard InChI is InChI=1S/C11H18ClNOS/c1-11(5-2-6-15-11)10(14)13-7-9(12)8-3-4-8/h8-9H,2-7H2,1H3,(H,13,14). The molecule has 0 aromatic rings. The summed E-state index contributed by atoms with van der Waals surface area (Å²) < 4.78 is -0.194. The SMILES string of the molecule is CC1(C(=O)NCC(Cl)C2CC2)CCCS1. The molecular formula is C11H18ClNOS. The van der Waals surface area contributed by atoms with Gasteiger partial charge in [0.05, 0.1) is 10.1 Å². The van der Waals surface area contributed by atoms with Crippen molar-refractivity contribution in [3.8, 4) is 0 Å². The molecule has 1 N–H and O–H groups in total. The minimum Gasteiger partial charge on any atom is -0.353 e. The van der Waals surface area contributed by atoms with E-state index < -0.39 is 0 Å². The van der Waals surface area contributed by atoms with Gasteiger partial charge in [-0.05, 0) is 44.3 Å². The lowest BCUT2D eigenvalue weighted by Crippen LogP contribution is -2.42. The first-order valence-corrected chi connectivity index (χ1v) is 7.10. The summed E-state index contributed by atoms with van der Waals surface area (Å²) in [6.45, 7) is 2.68. The molecule has 0 bridgehead atoms. The van der Waals surface area contributed by atoms with Gasteiger partial charge in [0, 0.05) is 6.54 Å². The Morgan fingerprint density at radius 3 is 2.93 bits per heavy atom. The van der Waals surface area contributed by atoms with E-state index in [0.29, 0.717) is 12.5 Å². The average molecular weight is 248 g/mol. The summed E-state index contributed by atoms with van der Waals surface area (Å²) in [4.78, 5) is 11.9. The van der Waals surface area contributed by atoms with E-state index in [1.807, 2.05) is 6.92 Å². The average Bonchev–Trinajstić information content (AvgIpc) is 2.98. The van der Waals surface area contributed by atoms with Gasteiger partial charge in [-0.25, -0.2) is 0 Å². The lowest BCUT2D eigenvalue weighted by Gasteiger charge is -2.22. The molecule has 4 heteroatoms. The Balaban J connectivity index is 1.75. The van der Waals surface area contributed by atoms with Gasteiger partial charge in [0.2, 0.25) is 5.91 Å². The number of carbonyl (C=O) groups is 1. The van der Waals surface area contributed by atoms with Crippen LogP contribution in [0.5, 0.6) is 0 Å². The maximum absolute atomic E-state index is 11.9. The molecule has 86 valence electrons. The molecule has 1 saturated heterocycles. The molecule has 1 amide bonds. The van der Waals surface area contributed by atoms with Gasteiger partial charge in [0.1, 0.15) is 0 Å². The highest BCUT2D eigenvalue weighted by Gasteiger charge is 2.38. The lowest BCUT2D eigenvalue weighted by molar-refractivity contribution is -0.123. The van der Waals surface area contributed by atoms with Crippen molar-refractivity contribution in [3.63, 3.8) is 0 Å². The summed E-state index contributed by atoms with van der Waals surface area (Å²) >= 11 is 7.93. The minimum atomic E-state index is -0.194. The van der Waals surface area contributed by atoms with Crippen molar-refractivity contribution in [3.05, 3.63) is 0 Å². The molecule has 2 nitrogen and oxygen atoms in total. The fraction of sp³-hybridized carbons (Fsp3) is 0.909. The van der Waals surface area contributed by atoms with E-state index in [0.717, 1.165) is 18.6 Å². The molecule has 1 aliphatic carbocycles. The fourth-order valence-electron chi connectivity index (χ4n) is 1.96. The fourth-order valence-corrected chi connectivity index (χ4v) is 3.52. The largest absolute Gasteiger partial charge is 0.353 e. The molecule has 0 aromatic heterocycles. The summed E-state index contributed by atoms with van der Waals surface area (Å²) in [6, 6.07) is 0. The molecule has 0 spiro atoms. The Hall–Kier alpha value is 0.110. The van der Waals surface area contributed by atoms with Crippen LogP contribution in [0, 0.1) is 5.92 Å². The van der Waals surface area contributed by atoms with Crippen LogP contribution in [0.2, 0.25) is 0 Å². The molecule has 1 aliphatic heterocycles. The molecule has 0 aromatic carbocycles. The Morgan fingerprint density at radius 1 is 1.67 bits per heavy atom. The van der Waals surface area contributed by atoms with E-state index in [9.17, 15) is 4.79 Å². The van der Waals surface area contributed by atoms with Crippen LogP contribution in [-0.4, -0.2) is 28.3 Å². The first-order chi connectivity index (χ1) is 7.12. The van der Waals surface area contributed by atoms with E-state index in [-0.39, 0.29) is 16.0 Å². The van der Waals surface area contributed by atoms with Crippen LogP contribution in [-0.2, 0) is 4.79 Å². The van der Waals surface area contributed by atoms with Crippen molar-refractivity contribution < 1.29 is 4.79 Å². The number of carbonyl (C=O) groups excluding carboxylic acids is 1. The summed E-state index contributed by atoms with van der Waals surface area (Å²) in [7, 11) is 0. The molecule has 0 radical (unpaired) electrons. The quantitative estimate of drug-likeness (QED) is 0.773. The van der Waals surface area contributed by atoms with Gasteiger partial charge < -0.3 is 5.32 Å². The Labute approximate surface area is 101 Å². The second kappa shape index (κ2) is 4.54. The zero-order chi connectivity index (χ0) is 10.9. The van der Waals surface area contributed by atoms with Crippen molar-refractivity contribution in [1.29, 1.82) is 0 Å². The predicted molar refractivity (Wildman–Crippen MR) is 65.5 cm³/mol. The molecule has 2 aliphatic rings. The van der Waals surface area contributed by atoms with Crippen LogP contribution >= 0.6 is 23.4 Å². The van der Waals surface area contributed by atoms with Gasteiger partial charge in [-0.2, -0.15) is 0 Å². The highest BCUT2D eigenvalue weighted by atomic mass is 35.5. The zero-order valence-corrected chi connectivity index (χ0v) is 10.7. The zero-order valence-electron chi connectivity index (χ0n) is 9.09. The first-order valence-electron chi connectivity index (χ1n) is 5.68. The summed E-state index contributed by atoms with van der Waals surface area (Å²) in [5, 5.41) is 3.14. The smallest absolute Gasteiger partial charge is 0.235 e. The number of alkyl halides is 1.